The molecule has 0 aliphatic carbocycles. The highest BCUT2D eigenvalue weighted by Crippen LogP contribution is 2.12. The number of pyridine rings is 1. The summed E-state index contributed by atoms with van der Waals surface area (Å²) in [5.74, 6) is 0. The Morgan fingerprint density at radius 3 is 2.56 bits per heavy atom. The van der Waals surface area contributed by atoms with Crippen LogP contribution < -0.4 is 0 Å². The number of hydrogen-bond acceptors (Lipinski definition) is 3. The molecule has 0 amide bonds. The minimum atomic E-state index is 0.570. The standard InChI is InChI=1S/C14H22ClN3/c1-3-12(2)18-8-6-17(7-9-18)11-13-4-5-14(15)16-10-13/h4-5,10,12H,3,6-9,11H2,1-2H3. The minimum absolute atomic E-state index is 0.570. The quantitative estimate of drug-likeness (QED) is 0.782. The van der Waals surface area contributed by atoms with Crippen LogP contribution in [0.4, 0.5) is 0 Å². The fraction of sp³-hybridized carbons (Fsp3) is 0.643. The molecule has 0 aromatic carbocycles. The molecule has 1 atom stereocenters. The lowest BCUT2D eigenvalue weighted by molar-refractivity contribution is 0.0963. The van der Waals surface area contributed by atoms with E-state index >= 15 is 0 Å². The Kier molecular flexibility index (Phi) is 4.98. The molecule has 0 bridgehead atoms. The van der Waals surface area contributed by atoms with Crippen molar-refractivity contribution in [1.29, 1.82) is 0 Å². The third kappa shape index (κ3) is 3.67. The van der Waals surface area contributed by atoms with Crippen LogP contribution in [0.2, 0.25) is 5.15 Å². The first-order valence-corrected chi connectivity index (χ1v) is 7.13. The van der Waals surface area contributed by atoms with Crippen molar-refractivity contribution in [3.05, 3.63) is 29.0 Å². The molecule has 0 N–H and O–H groups in total. The predicted molar refractivity (Wildman–Crippen MR) is 75.9 cm³/mol. The summed E-state index contributed by atoms with van der Waals surface area (Å²) in [7, 11) is 0. The molecule has 2 rings (SSSR count). The molecule has 1 saturated heterocycles. The molecule has 1 unspecified atom stereocenters. The minimum Gasteiger partial charge on any atom is -0.298 e. The maximum atomic E-state index is 5.79. The van der Waals surface area contributed by atoms with Crippen LogP contribution in [0.1, 0.15) is 25.8 Å². The van der Waals surface area contributed by atoms with Crippen LogP contribution >= 0.6 is 11.6 Å². The Labute approximate surface area is 115 Å². The largest absolute Gasteiger partial charge is 0.298 e. The van der Waals surface area contributed by atoms with Gasteiger partial charge in [0.1, 0.15) is 5.15 Å². The first-order chi connectivity index (χ1) is 8.69. The maximum absolute atomic E-state index is 5.79. The lowest BCUT2D eigenvalue weighted by atomic mass is 10.2. The summed E-state index contributed by atoms with van der Waals surface area (Å²) in [5.41, 5.74) is 1.25. The second-order valence-corrected chi connectivity index (χ2v) is 5.45. The van der Waals surface area contributed by atoms with Crippen LogP contribution in [0, 0.1) is 0 Å². The average molecular weight is 268 g/mol. The van der Waals surface area contributed by atoms with Gasteiger partial charge in [-0.1, -0.05) is 24.6 Å². The van der Waals surface area contributed by atoms with E-state index in [4.69, 9.17) is 11.6 Å². The lowest BCUT2D eigenvalue weighted by Gasteiger charge is -2.37. The van der Waals surface area contributed by atoms with Crippen LogP contribution in [-0.2, 0) is 6.54 Å². The van der Waals surface area contributed by atoms with E-state index in [9.17, 15) is 0 Å². The lowest BCUT2D eigenvalue weighted by Crippen LogP contribution is -2.48. The van der Waals surface area contributed by atoms with Crippen molar-refractivity contribution in [1.82, 2.24) is 14.8 Å². The van der Waals surface area contributed by atoms with Gasteiger partial charge < -0.3 is 0 Å². The van der Waals surface area contributed by atoms with Crippen LogP contribution in [0.15, 0.2) is 18.3 Å². The van der Waals surface area contributed by atoms with E-state index in [-0.39, 0.29) is 0 Å². The van der Waals surface area contributed by atoms with E-state index in [2.05, 4.69) is 34.7 Å². The van der Waals surface area contributed by atoms with Crippen LogP contribution in [0.25, 0.3) is 0 Å². The van der Waals surface area contributed by atoms with E-state index in [1.807, 2.05) is 12.3 Å². The van der Waals surface area contributed by atoms with Gasteiger partial charge in [-0.3, -0.25) is 9.80 Å². The number of hydrogen-bond donors (Lipinski definition) is 0. The first-order valence-electron chi connectivity index (χ1n) is 6.76. The van der Waals surface area contributed by atoms with Gasteiger partial charge in [0, 0.05) is 45.0 Å². The summed E-state index contributed by atoms with van der Waals surface area (Å²) in [6, 6.07) is 4.65. The number of halogens is 1. The summed E-state index contributed by atoms with van der Waals surface area (Å²) in [5, 5.41) is 0.570. The molecule has 0 saturated carbocycles. The van der Waals surface area contributed by atoms with Crippen molar-refractivity contribution >= 4 is 11.6 Å². The molecule has 1 aliphatic rings. The highest BCUT2D eigenvalue weighted by Gasteiger charge is 2.19. The fourth-order valence-corrected chi connectivity index (χ4v) is 2.49. The van der Waals surface area contributed by atoms with E-state index < -0.39 is 0 Å². The van der Waals surface area contributed by atoms with Gasteiger partial charge in [0.2, 0.25) is 0 Å². The molecule has 0 radical (unpaired) electrons. The maximum Gasteiger partial charge on any atom is 0.129 e. The molecule has 100 valence electrons. The van der Waals surface area contributed by atoms with Crippen molar-refractivity contribution in [3.8, 4) is 0 Å². The molecule has 1 aromatic rings. The van der Waals surface area contributed by atoms with Crippen LogP contribution in [0.5, 0.6) is 0 Å². The van der Waals surface area contributed by atoms with Gasteiger partial charge in [0.05, 0.1) is 0 Å². The summed E-state index contributed by atoms with van der Waals surface area (Å²) in [4.78, 5) is 9.20. The molecular formula is C14H22ClN3. The highest BCUT2D eigenvalue weighted by molar-refractivity contribution is 6.29. The summed E-state index contributed by atoms with van der Waals surface area (Å²) >= 11 is 5.79. The van der Waals surface area contributed by atoms with Crippen molar-refractivity contribution in [3.63, 3.8) is 0 Å². The van der Waals surface area contributed by atoms with Gasteiger partial charge in [-0.05, 0) is 25.0 Å². The zero-order valence-electron chi connectivity index (χ0n) is 11.3. The van der Waals surface area contributed by atoms with Gasteiger partial charge in [0.25, 0.3) is 0 Å². The van der Waals surface area contributed by atoms with Gasteiger partial charge >= 0.3 is 0 Å². The van der Waals surface area contributed by atoms with Gasteiger partial charge in [-0.15, -0.1) is 0 Å². The van der Waals surface area contributed by atoms with Crippen LogP contribution in [0.3, 0.4) is 0 Å². The fourth-order valence-electron chi connectivity index (χ4n) is 2.38. The zero-order chi connectivity index (χ0) is 13.0. The molecule has 1 aromatic heterocycles. The summed E-state index contributed by atoms with van der Waals surface area (Å²) in [6.07, 6.45) is 3.12. The van der Waals surface area contributed by atoms with Gasteiger partial charge in [-0.2, -0.15) is 0 Å². The Morgan fingerprint density at radius 2 is 2.00 bits per heavy atom. The average Bonchev–Trinajstić information content (AvgIpc) is 2.41. The Bertz CT molecular complexity index is 358. The first kappa shape index (κ1) is 13.8. The van der Waals surface area contributed by atoms with Crippen molar-refractivity contribution in [2.24, 2.45) is 0 Å². The normalized spacial score (nSPS) is 19.9. The Balaban J connectivity index is 1.81. The van der Waals surface area contributed by atoms with E-state index in [0.29, 0.717) is 11.2 Å². The third-order valence-corrected chi connectivity index (χ3v) is 4.04. The number of piperazine rings is 1. The van der Waals surface area contributed by atoms with E-state index in [0.717, 1.165) is 19.6 Å². The molecule has 0 spiro atoms. The molecule has 4 heteroatoms. The molecule has 3 nitrogen and oxygen atoms in total. The smallest absolute Gasteiger partial charge is 0.129 e. The molecule has 2 heterocycles. The second-order valence-electron chi connectivity index (χ2n) is 5.06. The topological polar surface area (TPSA) is 19.4 Å². The summed E-state index contributed by atoms with van der Waals surface area (Å²) < 4.78 is 0. The van der Waals surface area contributed by atoms with Crippen molar-refractivity contribution in [2.75, 3.05) is 26.2 Å². The monoisotopic (exact) mass is 267 g/mol. The number of nitrogens with zero attached hydrogens (tertiary/aromatic N) is 3. The molecule has 1 fully saturated rings. The second kappa shape index (κ2) is 6.50. The van der Waals surface area contributed by atoms with Crippen molar-refractivity contribution in [2.45, 2.75) is 32.9 Å². The molecular weight excluding hydrogens is 246 g/mol. The Hall–Kier alpha value is -0.640. The zero-order valence-corrected chi connectivity index (χ0v) is 12.0. The number of aromatic nitrogens is 1. The number of rotatable bonds is 4. The van der Waals surface area contributed by atoms with E-state index in [1.54, 1.807) is 0 Å². The SMILES string of the molecule is CCC(C)N1CCN(Cc2ccc(Cl)nc2)CC1. The molecule has 18 heavy (non-hydrogen) atoms. The third-order valence-electron chi connectivity index (χ3n) is 3.82. The van der Waals surface area contributed by atoms with Gasteiger partial charge in [-0.25, -0.2) is 4.98 Å². The van der Waals surface area contributed by atoms with Gasteiger partial charge in [0.15, 0.2) is 0 Å². The highest BCUT2D eigenvalue weighted by atomic mass is 35.5. The predicted octanol–water partition coefficient (Wildman–Crippen LogP) is 2.65. The van der Waals surface area contributed by atoms with Crippen LogP contribution in [-0.4, -0.2) is 47.0 Å². The van der Waals surface area contributed by atoms with Crippen molar-refractivity contribution < 1.29 is 0 Å². The molecule has 1 aliphatic heterocycles. The summed E-state index contributed by atoms with van der Waals surface area (Å²) in [6.45, 7) is 10.2. The Morgan fingerprint density at radius 1 is 1.28 bits per heavy atom. The van der Waals surface area contributed by atoms with E-state index in [1.165, 1.54) is 25.1 Å².